The van der Waals surface area contributed by atoms with Crippen LogP contribution < -0.4 is 20.8 Å². The SMILES string of the molecule is COCCNC(=O)C(=O)N/N=C\c1cc(Br)ccc1Nc1ccc(OC)cc1. The number of ether oxygens (including phenoxy) is 2. The minimum absolute atomic E-state index is 0.244. The Kier molecular flexibility index (Phi) is 8.44. The van der Waals surface area contributed by atoms with E-state index < -0.39 is 11.8 Å². The average molecular weight is 449 g/mol. The second kappa shape index (κ2) is 11.1. The summed E-state index contributed by atoms with van der Waals surface area (Å²) in [6.45, 7) is 0.564. The smallest absolute Gasteiger partial charge is 0.329 e. The lowest BCUT2D eigenvalue weighted by atomic mass is 10.2. The second-order valence-corrected chi connectivity index (χ2v) is 6.45. The number of nitrogens with zero attached hydrogens (tertiary/aromatic N) is 1. The van der Waals surface area contributed by atoms with Crippen molar-refractivity contribution in [2.24, 2.45) is 5.10 Å². The van der Waals surface area contributed by atoms with Gasteiger partial charge in [0, 0.05) is 35.1 Å². The average Bonchev–Trinajstić information content (AvgIpc) is 2.70. The molecule has 28 heavy (non-hydrogen) atoms. The van der Waals surface area contributed by atoms with Gasteiger partial charge in [-0.25, -0.2) is 5.43 Å². The third kappa shape index (κ3) is 6.67. The molecule has 0 bridgehead atoms. The summed E-state index contributed by atoms with van der Waals surface area (Å²) in [5.74, 6) is -0.873. The monoisotopic (exact) mass is 448 g/mol. The van der Waals surface area contributed by atoms with Crippen LogP contribution in [0.3, 0.4) is 0 Å². The Hall–Kier alpha value is -2.91. The molecule has 0 unspecified atom stereocenters. The first-order chi connectivity index (χ1) is 13.5. The van der Waals surface area contributed by atoms with Crippen LogP contribution in [-0.4, -0.2) is 45.4 Å². The highest BCUT2D eigenvalue weighted by atomic mass is 79.9. The first-order valence-corrected chi connectivity index (χ1v) is 9.13. The summed E-state index contributed by atoms with van der Waals surface area (Å²) in [5.41, 5.74) is 4.55. The Morgan fingerprint density at radius 1 is 1.11 bits per heavy atom. The number of anilines is 2. The predicted octanol–water partition coefficient (Wildman–Crippen LogP) is 2.41. The van der Waals surface area contributed by atoms with Crippen LogP contribution in [0.15, 0.2) is 52.0 Å². The van der Waals surface area contributed by atoms with Crippen molar-refractivity contribution in [2.75, 3.05) is 32.7 Å². The second-order valence-electron chi connectivity index (χ2n) is 5.53. The van der Waals surface area contributed by atoms with Gasteiger partial charge in [-0.3, -0.25) is 9.59 Å². The maximum atomic E-state index is 11.7. The largest absolute Gasteiger partial charge is 0.497 e. The molecule has 2 aromatic rings. The third-order valence-electron chi connectivity index (χ3n) is 3.55. The number of hydrogen-bond donors (Lipinski definition) is 3. The molecule has 0 spiro atoms. The van der Waals surface area contributed by atoms with Gasteiger partial charge in [0.15, 0.2) is 0 Å². The van der Waals surface area contributed by atoms with Crippen molar-refractivity contribution < 1.29 is 19.1 Å². The van der Waals surface area contributed by atoms with Crippen LogP contribution in [0.4, 0.5) is 11.4 Å². The Labute approximate surface area is 171 Å². The minimum atomic E-state index is -0.855. The first-order valence-electron chi connectivity index (χ1n) is 8.34. The van der Waals surface area contributed by atoms with Crippen LogP contribution in [0, 0.1) is 0 Å². The van der Waals surface area contributed by atoms with Gasteiger partial charge in [-0.05, 0) is 42.5 Å². The fraction of sp³-hybridized carbons (Fsp3) is 0.211. The van der Waals surface area contributed by atoms with Crippen molar-refractivity contribution >= 4 is 45.3 Å². The summed E-state index contributed by atoms with van der Waals surface area (Å²) in [7, 11) is 3.12. The lowest BCUT2D eigenvalue weighted by molar-refractivity contribution is -0.139. The Morgan fingerprint density at radius 2 is 1.86 bits per heavy atom. The van der Waals surface area contributed by atoms with Crippen molar-refractivity contribution in [3.63, 3.8) is 0 Å². The molecule has 0 heterocycles. The fourth-order valence-electron chi connectivity index (χ4n) is 2.14. The third-order valence-corrected chi connectivity index (χ3v) is 4.04. The number of benzene rings is 2. The quantitative estimate of drug-likeness (QED) is 0.249. The normalized spacial score (nSPS) is 10.5. The number of hydrazone groups is 1. The molecular formula is C19H21BrN4O4. The standard InChI is InChI=1S/C19H21BrN4O4/c1-27-10-9-21-18(25)19(26)24-22-12-13-11-14(20)3-8-17(13)23-15-4-6-16(28-2)7-5-15/h3-8,11-12,23H,9-10H2,1-2H3,(H,21,25)(H,24,26)/b22-12-. The van der Waals surface area contributed by atoms with E-state index in [1.807, 2.05) is 42.5 Å². The summed E-state index contributed by atoms with van der Waals surface area (Å²) in [6.07, 6.45) is 1.46. The maximum Gasteiger partial charge on any atom is 0.329 e. The van der Waals surface area contributed by atoms with Gasteiger partial charge in [0.2, 0.25) is 0 Å². The van der Waals surface area contributed by atoms with Gasteiger partial charge < -0.3 is 20.1 Å². The van der Waals surface area contributed by atoms with Gasteiger partial charge in [0.25, 0.3) is 0 Å². The molecule has 0 saturated heterocycles. The van der Waals surface area contributed by atoms with Crippen LogP contribution in [0.25, 0.3) is 0 Å². The van der Waals surface area contributed by atoms with E-state index in [-0.39, 0.29) is 6.54 Å². The number of rotatable bonds is 8. The lowest BCUT2D eigenvalue weighted by Gasteiger charge is -2.11. The van der Waals surface area contributed by atoms with E-state index >= 15 is 0 Å². The molecular weight excluding hydrogens is 428 g/mol. The van der Waals surface area contributed by atoms with Crippen LogP contribution in [-0.2, 0) is 14.3 Å². The molecule has 2 amide bonds. The summed E-state index contributed by atoms with van der Waals surface area (Å²) in [6, 6.07) is 13.0. The number of methoxy groups -OCH3 is 2. The van der Waals surface area contributed by atoms with Gasteiger partial charge in [0.05, 0.1) is 19.9 Å². The molecule has 0 aliphatic heterocycles. The van der Waals surface area contributed by atoms with E-state index in [4.69, 9.17) is 9.47 Å². The number of nitrogens with one attached hydrogen (secondary N) is 3. The molecule has 0 radical (unpaired) electrons. The van der Waals surface area contributed by atoms with Crippen LogP contribution in [0.2, 0.25) is 0 Å². The molecule has 8 nitrogen and oxygen atoms in total. The van der Waals surface area contributed by atoms with E-state index in [0.29, 0.717) is 12.2 Å². The molecule has 0 aliphatic carbocycles. The molecule has 148 valence electrons. The summed E-state index contributed by atoms with van der Waals surface area (Å²) in [5, 5.41) is 9.55. The van der Waals surface area contributed by atoms with Crippen LogP contribution in [0.1, 0.15) is 5.56 Å². The van der Waals surface area contributed by atoms with Gasteiger partial charge >= 0.3 is 11.8 Å². The Morgan fingerprint density at radius 3 is 2.54 bits per heavy atom. The first kappa shape index (κ1) is 21.4. The molecule has 0 atom stereocenters. The Bertz CT molecular complexity index is 840. The zero-order valence-electron chi connectivity index (χ0n) is 15.5. The summed E-state index contributed by atoms with van der Waals surface area (Å²) in [4.78, 5) is 23.3. The molecule has 2 aromatic carbocycles. The maximum absolute atomic E-state index is 11.7. The predicted molar refractivity (Wildman–Crippen MR) is 111 cm³/mol. The van der Waals surface area contributed by atoms with E-state index in [2.05, 4.69) is 37.1 Å². The lowest BCUT2D eigenvalue weighted by Crippen LogP contribution is -2.39. The van der Waals surface area contributed by atoms with E-state index in [1.54, 1.807) is 7.11 Å². The molecule has 0 saturated carbocycles. The zero-order valence-corrected chi connectivity index (χ0v) is 17.1. The Balaban J connectivity index is 2.03. The molecule has 3 N–H and O–H groups in total. The van der Waals surface area contributed by atoms with Crippen molar-refractivity contribution in [2.45, 2.75) is 0 Å². The number of hydrogen-bond acceptors (Lipinski definition) is 6. The highest BCUT2D eigenvalue weighted by Gasteiger charge is 2.11. The highest BCUT2D eigenvalue weighted by molar-refractivity contribution is 9.10. The van der Waals surface area contributed by atoms with Crippen molar-refractivity contribution in [3.8, 4) is 5.75 Å². The topological polar surface area (TPSA) is 101 Å². The van der Waals surface area contributed by atoms with Gasteiger partial charge in [-0.1, -0.05) is 15.9 Å². The van der Waals surface area contributed by atoms with Crippen molar-refractivity contribution in [3.05, 3.63) is 52.5 Å². The number of amides is 2. The highest BCUT2D eigenvalue weighted by Crippen LogP contribution is 2.24. The minimum Gasteiger partial charge on any atom is -0.497 e. The van der Waals surface area contributed by atoms with Crippen LogP contribution >= 0.6 is 15.9 Å². The molecule has 0 aliphatic rings. The molecule has 9 heteroatoms. The summed E-state index contributed by atoms with van der Waals surface area (Å²) < 4.78 is 10.8. The van der Waals surface area contributed by atoms with Crippen LogP contribution in [0.5, 0.6) is 5.75 Å². The van der Waals surface area contributed by atoms with Gasteiger partial charge in [-0.15, -0.1) is 0 Å². The number of halogens is 1. The van der Waals surface area contributed by atoms with Crippen molar-refractivity contribution in [1.82, 2.24) is 10.7 Å². The molecule has 0 fully saturated rings. The van der Waals surface area contributed by atoms with E-state index in [1.165, 1.54) is 13.3 Å². The number of carbonyl (C=O) groups excluding carboxylic acids is 2. The fourth-order valence-corrected chi connectivity index (χ4v) is 2.52. The molecule has 0 aromatic heterocycles. The van der Waals surface area contributed by atoms with E-state index in [0.717, 1.165) is 21.6 Å². The van der Waals surface area contributed by atoms with Crippen molar-refractivity contribution in [1.29, 1.82) is 0 Å². The van der Waals surface area contributed by atoms with Gasteiger partial charge in [-0.2, -0.15) is 5.10 Å². The number of carbonyl (C=O) groups is 2. The van der Waals surface area contributed by atoms with E-state index in [9.17, 15) is 9.59 Å². The van der Waals surface area contributed by atoms with Gasteiger partial charge in [0.1, 0.15) is 5.75 Å². The summed E-state index contributed by atoms with van der Waals surface area (Å²) >= 11 is 3.41. The molecule has 2 rings (SSSR count). The zero-order chi connectivity index (χ0) is 20.4.